The summed E-state index contributed by atoms with van der Waals surface area (Å²) in [4.78, 5) is 0. The normalized spacial score (nSPS) is 19.1. The zero-order valence-electron chi connectivity index (χ0n) is 8.03. The molecule has 1 fully saturated rings. The largest absolute Gasteiger partial charge is 0.508 e. The quantitative estimate of drug-likeness (QED) is 0.734. The maximum atomic E-state index is 9.37. The Balaban J connectivity index is 2.42. The molecule has 72 valence electrons. The molecule has 1 aliphatic rings. The standard InChI is InChI=1S/C12H13NO/c13-9-12(6-1-2-7-12)10-4-3-5-11(14)8-10/h3-5,8,14H,1-2,6-7H2. The zero-order chi connectivity index (χ0) is 10.0. The Morgan fingerprint density at radius 1 is 1.29 bits per heavy atom. The molecule has 1 N–H and O–H groups in total. The van der Waals surface area contributed by atoms with Crippen molar-refractivity contribution in [1.82, 2.24) is 0 Å². The number of nitrogens with zero attached hydrogens (tertiary/aromatic N) is 1. The molecule has 0 bridgehead atoms. The van der Waals surface area contributed by atoms with Gasteiger partial charge in [-0.15, -0.1) is 0 Å². The van der Waals surface area contributed by atoms with Gasteiger partial charge in [0.2, 0.25) is 0 Å². The van der Waals surface area contributed by atoms with Gasteiger partial charge in [-0.1, -0.05) is 25.0 Å². The molecule has 0 aromatic heterocycles. The zero-order valence-corrected chi connectivity index (χ0v) is 8.03. The van der Waals surface area contributed by atoms with E-state index in [4.69, 9.17) is 0 Å². The van der Waals surface area contributed by atoms with Crippen LogP contribution in [0.25, 0.3) is 0 Å². The van der Waals surface area contributed by atoms with Crippen LogP contribution in [0.1, 0.15) is 31.2 Å². The van der Waals surface area contributed by atoms with Crippen LogP contribution in [0.4, 0.5) is 0 Å². The first kappa shape index (κ1) is 9.08. The molecule has 1 aliphatic carbocycles. The molecule has 0 spiro atoms. The highest BCUT2D eigenvalue weighted by Crippen LogP contribution is 2.41. The van der Waals surface area contributed by atoms with E-state index in [9.17, 15) is 10.4 Å². The molecule has 0 atom stereocenters. The Morgan fingerprint density at radius 3 is 2.57 bits per heavy atom. The lowest BCUT2D eigenvalue weighted by Gasteiger charge is -2.20. The van der Waals surface area contributed by atoms with E-state index < -0.39 is 0 Å². The molecule has 14 heavy (non-hydrogen) atoms. The van der Waals surface area contributed by atoms with Crippen molar-refractivity contribution < 1.29 is 5.11 Å². The van der Waals surface area contributed by atoms with Crippen LogP contribution in [-0.4, -0.2) is 5.11 Å². The molecular weight excluding hydrogens is 174 g/mol. The molecule has 0 aliphatic heterocycles. The van der Waals surface area contributed by atoms with Gasteiger partial charge >= 0.3 is 0 Å². The van der Waals surface area contributed by atoms with Gasteiger partial charge in [0.05, 0.1) is 11.5 Å². The summed E-state index contributed by atoms with van der Waals surface area (Å²) in [6, 6.07) is 9.52. The molecule has 0 unspecified atom stereocenters. The molecule has 1 saturated carbocycles. The molecule has 2 nitrogen and oxygen atoms in total. The smallest absolute Gasteiger partial charge is 0.115 e. The van der Waals surface area contributed by atoms with Crippen LogP contribution < -0.4 is 0 Å². The van der Waals surface area contributed by atoms with E-state index in [1.807, 2.05) is 12.1 Å². The Kier molecular flexibility index (Phi) is 2.17. The molecular formula is C12H13NO. The molecule has 1 aromatic rings. The van der Waals surface area contributed by atoms with Gasteiger partial charge in [-0.3, -0.25) is 0 Å². The average molecular weight is 187 g/mol. The average Bonchev–Trinajstić information content (AvgIpc) is 2.67. The van der Waals surface area contributed by atoms with E-state index in [0.29, 0.717) is 0 Å². The predicted octanol–water partition coefficient (Wildman–Crippen LogP) is 2.73. The van der Waals surface area contributed by atoms with Crippen LogP contribution >= 0.6 is 0 Å². The van der Waals surface area contributed by atoms with Gasteiger partial charge in [-0.25, -0.2) is 0 Å². The topological polar surface area (TPSA) is 44.0 Å². The van der Waals surface area contributed by atoms with E-state index in [2.05, 4.69) is 6.07 Å². The number of aromatic hydroxyl groups is 1. The second-order valence-electron chi connectivity index (χ2n) is 3.95. The van der Waals surface area contributed by atoms with E-state index in [1.165, 1.54) is 0 Å². The molecule has 0 saturated heterocycles. The van der Waals surface area contributed by atoms with Crippen molar-refractivity contribution in [1.29, 1.82) is 5.26 Å². The van der Waals surface area contributed by atoms with Gasteiger partial charge in [0.15, 0.2) is 0 Å². The maximum Gasteiger partial charge on any atom is 0.115 e. The number of hydrogen-bond donors (Lipinski definition) is 1. The fourth-order valence-corrected chi connectivity index (χ4v) is 2.25. The van der Waals surface area contributed by atoms with E-state index in [1.54, 1.807) is 12.1 Å². The molecule has 0 amide bonds. The first-order valence-electron chi connectivity index (χ1n) is 4.98. The Labute approximate surface area is 83.8 Å². The Hall–Kier alpha value is -1.49. The minimum atomic E-state index is -0.335. The summed E-state index contributed by atoms with van der Waals surface area (Å²) in [6.07, 6.45) is 4.08. The number of phenols is 1. The van der Waals surface area contributed by atoms with Gasteiger partial charge in [0.25, 0.3) is 0 Å². The molecule has 2 heteroatoms. The van der Waals surface area contributed by atoms with Crippen molar-refractivity contribution >= 4 is 0 Å². The molecule has 2 rings (SSSR count). The van der Waals surface area contributed by atoms with E-state index in [0.717, 1.165) is 31.2 Å². The third-order valence-electron chi connectivity index (χ3n) is 3.07. The van der Waals surface area contributed by atoms with Crippen molar-refractivity contribution in [2.24, 2.45) is 0 Å². The Morgan fingerprint density at radius 2 is 2.00 bits per heavy atom. The third-order valence-corrected chi connectivity index (χ3v) is 3.07. The minimum absolute atomic E-state index is 0.254. The van der Waals surface area contributed by atoms with Gasteiger partial charge in [0.1, 0.15) is 5.75 Å². The van der Waals surface area contributed by atoms with Crippen molar-refractivity contribution in [3.05, 3.63) is 29.8 Å². The lowest BCUT2D eigenvalue weighted by molar-refractivity contribution is 0.471. The van der Waals surface area contributed by atoms with Crippen LogP contribution in [-0.2, 0) is 5.41 Å². The predicted molar refractivity (Wildman–Crippen MR) is 53.9 cm³/mol. The van der Waals surface area contributed by atoms with Crippen LogP contribution in [0.3, 0.4) is 0 Å². The van der Waals surface area contributed by atoms with Crippen LogP contribution in [0, 0.1) is 11.3 Å². The summed E-state index contributed by atoms with van der Waals surface area (Å²) in [5, 5.41) is 18.6. The lowest BCUT2D eigenvalue weighted by Crippen LogP contribution is -2.18. The number of nitriles is 1. The Bertz CT molecular complexity index is 372. The van der Waals surface area contributed by atoms with E-state index >= 15 is 0 Å². The summed E-state index contributed by atoms with van der Waals surface area (Å²) < 4.78 is 0. The van der Waals surface area contributed by atoms with Gasteiger partial charge in [-0.2, -0.15) is 5.26 Å². The number of rotatable bonds is 1. The highest BCUT2D eigenvalue weighted by Gasteiger charge is 2.35. The number of benzene rings is 1. The lowest BCUT2D eigenvalue weighted by atomic mass is 9.80. The van der Waals surface area contributed by atoms with Crippen molar-refractivity contribution in [2.75, 3.05) is 0 Å². The summed E-state index contributed by atoms with van der Waals surface area (Å²) >= 11 is 0. The fraction of sp³-hybridized carbons (Fsp3) is 0.417. The number of phenolic OH excluding ortho intramolecular Hbond substituents is 1. The highest BCUT2D eigenvalue weighted by molar-refractivity contribution is 5.38. The van der Waals surface area contributed by atoms with Crippen LogP contribution in [0.2, 0.25) is 0 Å². The van der Waals surface area contributed by atoms with Crippen molar-refractivity contribution in [3.63, 3.8) is 0 Å². The SMILES string of the molecule is N#CC1(c2cccc(O)c2)CCCC1. The second-order valence-corrected chi connectivity index (χ2v) is 3.95. The summed E-state index contributed by atoms with van der Waals surface area (Å²) in [7, 11) is 0. The minimum Gasteiger partial charge on any atom is -0.508 e. The molecule has 0 heterocycles. The summed E-state index contributed by atoms with van der Waals surface area (Å²) in [5.41, 5.74) is 0.635. The first-order chi connectivity index (χ1) is 6.77. The van der Waals surface area contributed by atoms with Crippen molar-refractivity contribution in [2.45, 2.75) is 31.1 Å². The summed E-state index contributed by atoms with van der Waals surface area (Å²) in [5.74, 6) is 0.254. The second kappa shape index (κ2) is 3.34. The van der Waals surface area contributed by atoms with Crippen LogP contribution in [0.15, 0.2) is 24.3 Å². The third kappa shape index (κ3) is 1.35. The van der Waals surface area contributed by atoms with Gasteiger partial charge in [-0.05, 0) is 30.5 Å². The summed E-state index contributed by atoms with van der Waals surface area (Å²) in [6.45, 7) is 0. The van der Waals surface area contributed by atoms with Gasteiger partial charge < -0.3 is 5.11 Å². The van der Waals surface area contributed by atoms with Crippen molar-refractivity contribution in [3.8, 4) is 11.8 Å². The van der Waals surface area contributed by atoms with Gasteiger partial charge in [0, 0.05) is 0 Å². The highest BCUT2D eigenvalue weighted by atomic mass is 16.3. The van der Waals surface area contributed by atoms with E-state index in [-0.39, 0.29) is 11.2 Å². The monoisotopic (exact) mass is 187 g/mol. The number of hydrogen-bond acceptors (Lipinski definition) is 2. The maximum absolute atomic E-state index is 9.37. The molecule has 1 aromatic carbocycles. The first-order valence-corrected chi connectivity index (χ1v) is 4.98. The van der Waals surface area contributed by atoms with Crippen LogP contribution in [0.5, 0.6) is 5.75 Å². The fourth-order valence-electron chi connectivity index (χ4n) is 2.25. The molecule has 0 radical (unpaired) electrons.